The number of aromatic nitrogens is 3. The van der Waals surface area contributed by atoms with Crippen molar-refractivity contribution < 1.29 is 0 Å². The lowest BCUT2D eigenvalue weighted by molar-refractivity contribution is 0.375. The van der Waals surface area contributed by atoms with E-state index < -0.39 is 0 Å². The highest BCUT2D eigenvalue weighted by molar-refractivity contribution is 4.93. The Morgan fingerprint density at radius 1 is 1.50 bits per heavy atom. The average molecular weight is 194 g/mol. The standard InChI is InChI=1S/C8H14N6/c1-13-5-7(9-11-13)3-4-8-6-14(2)12-10-8/h5,8H,3-4,6H2,1-2H3. The molecule has 14 heavy (non-hydrogen) atoms. The first-order valence-corrected chi connectivity index (χ1v) is 4.71. The molecule has 1 unspecified atom stereocenters. The van der Waals surface area contributed by atoms with Crippen LogP contribution in [0.4, 0.5) is 0 Å². The SMILES string of the molecule is CN1CC(CCc2cn(C)nn2)N=N1. The molecule has 1 aromatic heterocycles. The third-order valence-electron chi connectivity index (χ3n) is 2.23. The van der Waals surface area contributed by atoms with Crippen LogP contribution in [0.1, 0.15) is 12.1 Å². The molecule has 0 aliphatic carbocycles. The number of hydrogen-bond donors (Lipinski definition) is 0. The van der Waals surface area contributed by atoms with E-state index in [0.717, 1.165) is 25.1 Å². The van der Waals surface area contributed by atoms with Gasteiger partial charge in [0.1, 0.15) is 0 Å². The Kier molecular flexibility index (Phi) is 2.43. The lowest BCUT2D eigenvalue weighted by Gasteiger charge is -2.05. The third-order valence-corrected chi connectivity index (χ3v) is 2.23. The van der Waals surface area contributed by atoms with Crippen LogP contribution >= 0.6 is 0 Å². The molecule has 2 heterocycles. The molecule has 0 N–H and O–H groups in total. The number of nitrogens with zero attached hydrogens (tertiary/aromatic N) is 6. The highest BCUT2D eigenvalue weighted by Gasteiger charge is 2.16. The van der Waals surface area contributed by atoms with Gasteiger partial charge in [-0.1, -0.05) is 10.4 Å². The molecule has 2 rings (SSSR count). The van der Waals surface area contributed by atoms with Gasteiger partial charge in [-0.25, -0.2) is 0 Å². The quantitative estimate of drug-likeness (QED) is 0.701. The van der Waals surface area contributed by atoms with Crippen LogP contribution in [0.2, 0.25) is 0 Å². The van der Waals surface area contributed by atoms with Crippen molar-refractivity contribution in [2.75, 3.05) is 13.6 Å². The third kappa shape index (κ3) is 2.07. The molecule has 1 atom stereocenters. The highest BCUT2D eigenvalue weighted by Crippen LogP contribution is 2.12. The van der Waals surface area contributed by atoms with Gasteiger partial charge < -0.3 is 0 Å². The van der Waals surface area contributed by atoms with Crippen LogP contribution in [0.25, 0.3) is 0 Å². The summed E-state index contributed by atoms with van der Waals surface area (Å²) in [4.78, 5) is 0. The highest BCUT2D eigenvalue weighted by atomic mass is 15.6. The Labute approximate surface area is 82.6 Å². The predicted octanol–water partition coefficient (Wildman–Crippen LogP) is 0.429. The monoisotopic (exact) mass is 194 g/mol. The zero-order chi connectivity index (χ0) is 9.97. The predicted molar refractivity (Wildman–Crippen MR) is 50.6 cm³/mol. The Balaban J connectivity index is 1.81. The molecule has 76 valence electrons. The van der Waals surface area contributed by atoms with Gasteiger partial charge in [-0.3, -0.25) is 9.69 Å². The van der Waals surface area contributed by atoms with Gasteiger partial charge in [-0.2, -0.15) is 5.11 Å². The molecule has 6 heteroatoms. The normalized spacial score (nSPS) is 20.7. The smallest absolute Gasteiger partial charge is 0.0925 e. The van der Waals surface area contributed by atoms with Crippen LogP contribution in [-0.2, 0) is 13.5 Å². The summed E-state index contributed by atoms with van der Waals surface area (Å²) >= 11 is 0. The summed E-state index contributed by atoms with van der Waals surface area (Å²) in [6.45, 7) is 0.917. The van der Waals surface area contributed by atoms with Crippen molar-refractivity contribution in [3.05, 3.63) is 11.9 Å². The molecule has 0 saturated heterocycles. The molecular weight excluding hydrogens is 180 g/mol. The minimum Gasteiger partial charge on any atom is -0.280 e. The Morgan fingerprint density at radius 2 is 2.36 bits per heavy atom. The average Bonchev–Trinajstić information content (AvgIpc) is 2.72. The van der Waals surface area contributed by atoms with E-state index in [-0.39, 0.29) is 0 Å². The van der Waals surface area contributed by atoms with E-state index in [9.17, 15) is 0 Å². The summed E-state index contributed by atoms with van der Waals surface area (Å²) in [6.07, 6.45) is 3.85. The molecule has 1 aliphatic rings. The molecular formula is C8H14N6. The Bertz CT molecular complexity index is 330. The van der Waals surface area contributed by atoms with E-state index in [0.29, 0.717) is 6.04 Å². The Morgan fingerprint density at radius 3 is 2.93 bits per heavy atom. The number of rotatable bonds is 3. The summed E-state index contributed by atoms with van der Waals surface area (Å²) in [7, 11) is 3.81. The minimum absolute atomic E-state index is 0.321. The van der Waals surface area contributed by atoms with Crippen molar-refractivity contribution in [3.63, 3.8) is 0 Å². The molecule has 0 amide bonds. The largest absolute Gasteiger partial charge is 0.280 e. The van der Waals surface area contributed by atoms with Gasteiger partial charge in [-0.15, -0.1) is 5.10 Å². The first-order valence-electron chi connectivity index (χ1n) is 4.71. The second-order valence-electron chi connectivity index (χ2n) is 3.62. The molecule has 1 aromatic rings. The van der Waals surface area contributed by atoms with Crippen LogP contribution in [0.15, 0.2) is 16.5 Å². The van der Waals surface area contributed by atoms with Gasteiger partial charge in [0, 0.05) is 20.3 Å². The van der Waals surface area contributed by atoms with Crippen molar-refractivity contribution in [1.82, 2.24) is 20.0 Å². The Hall–Kier alpha value is -1.46. The van der Waals surface area contributed by atoms with Crippen LogP contribution in [0, 0.1) is 0 Å². The van der Waals surface area contributed by atoms with E-state index in [1.807, 2.05) is 25.3 Å². The van der Waals surface area contributed by atoms with Gasteiger partial charge in [-0.05, 0) is 12.8 Å². The summed E-state index contributed by atoms with van der Waals surface area (Å²) in [5.41, 5.74) is 1.03. The molecule has 0 fully saturated rings. The molecule has 0 spiro atoms. The number of likely N-dealkylation sites (N-methyl/N-ethyl adjacent to an activating group) is 1. The van der Waals surface area contributed by atoms with E-state index in [4.69, 9.17) is 0 Å². The minimum atomic E-state index is 0.321. The summed E-state index contributed by atoms with van der Waals surface area (Å²) in [6, 6.07) is 0.321. The summed E-state index contributed by atoms with van der Waals surface area (Å²) in [5, 5.41) is 17.9. The maximum atomic E-state index is 4.13. The van der Waals surface area contributed by atoms with Crippen LogP contribution in [-0.4, -0.2) is 39.6 Å². The van der Waals surface area contributed by atoms with Gasteiger partial charge in [0.05, 0.1) is 18.3 Å². The number of aryl methyl sites for hydroxylation is 2. The van der Waals surface area contributed by atoms with Gasteiger partial charge >= 0.3 is 0 Å². The van der Waals surface area contributed by atoms with Gasteiger partial charge in [0.15, 0.2) is 0 Å². The fourth-order valence-corrected chi connectivity index (χ4v) is 1.51. The van der Waals surface area contributed by atoms with Crippen LogP contribution < -0.4 is 0 Å². The van der Waals surface area contributed by atoms with Crippen molar-refractivity contribution in [2.45, 2.75) is 18.9 Å². The van der Waals surface area contributed by atoms with E-state index >= 15 is 0 Å². The van der Waals surface area contributed by atoms with Crippen molar-refractivity contribution in [3.8, 4) is 0 Å². The van der Waals surface area contributed by atoms with Crippen LogP contribution in [0.5, 0.6) is 0 Å². The first kappa shape index (κ1) is 9.11. The van der Waals surface area contributed by atoms with Gasteiger partial charge in [0.2, 0.25) is 0 Å². The zero-order valence-electron chi connectivity index (χ0n) is 8.46. The maximum absolute atomic E-state index is 4.13. The molecule has 1 aliphatic heterocycles. The van der Waals surface area contributed by atoms with Crippen molar-refractivity contribution in [2.24, 2.45) is 17.4 Å². The van der Waals surface area contributed by atoms with Crippen LogP contribution in [0.3, 0.4) is 0 Å². The lowest BCUT2D eigenvalue weighted by Crippen LogP contribution is -2.17. The lowest BCUT2D eigenvalue weighted by atomic mass is 10.1. The molecule has 0 saturated carbocycles. The van der Waals surface area contributed by atoms with E-state index in [1.54, 1.807) is 4.68 Å². The second kappa shape index (κ2) is 3.73. The van der Waals surface area contributed by atoms with E-state index in [1.165, 1.54) is 0 Å². The molecule has 0 aromatic carbocycles. The molecule has 0 radical (unpaired) electrons. The summed E-state index contributed by atoms with van der Waals surface area (Å²) < 4.78 is 1.72. The maximum Gasteiger partial charge on any atom is 0.0925 e. The molecule has 0 bridgehead atoms. The first-order chi connectivity index (χ1) is 6.74. The topological polar surface area (TPSA) is 58.7 Å². The molecule has 6 nitrogen and oxygen atoms in total. The second-order valence-corrected chi connectivity index (χ2v) is 3.62. The van der Waals surface area contributed by atoms with Gasteiger partial charge in [0.25, 0.3) is 0 Å². The van der Waals surface area contributed by atoms with E-state index in [2.05, 4.69) is 20.6 Å². The summed E-state index contributed by atoms with van der Waals surface area (Å²) in [5.74, 6) is 0. The fraction of sp³-hybridized carbons (Fsp3) is 0.750. The zero-order valence-corrected chi connectivity index (χ0v) is 8.46. The van der Waals surface area contributed by atoms with Crippen molar-refractivity contribution >= 4 is 0 Å². The fourth-order valence-electron chi connectivity index (χ4n) is 1.51. The van der Waals surface area contributed by atoms with Crippen molar-refractivity contribution in [1.29, 1.82) is 0 Å². The number of hydrogen-bond acceptors (Lipinski definition) is 5.